The molecular formula is C16H18Cl4. The first-order valence-corrected chi connectivity index (χ1v) is 9.24. The Labute approximate surface area is 140 Å². The van der Waals surface area contributed by atoms with Gasteiger partial charge in [0.15, 0.2) is 0 Å². The summed E-state index contributed by atoms with van der Waals surface area (Å²) in [6, 6.07) is 8.70. The summed E-state index contributed by atoms with van der Waals surface area (Å²) >= 11 is 25.2. The van der Waals surface area contributed by atoms with Crippen LogP contribution in [0.25, 0.3) is 0 Å². The van der Waals surface area contributed by atoms with Crippen LogP contribution in [0.1, 0.15) is 23.0 Å². The van der Waals surface area contributed by atoms with E-state index in [0.29, 0.717) is 59.0 Å². The normalized spacial score (nSPS) is 38.8. The van der Waals surface area contributed by atoms with Crippen LogP contribution in [0.15, 0.2) is 24.3 Å². The molecule has 0 unspecified atom stereocenters. The van der Waals surface area contributed by atoms with Gasteiger partial charge in [0, 0.05) is 23.5 Å². The molecule has 0 N–H and O–H groups in total. The third kappa shape index (κ3) is 2.10. The summed E-state index contributed by atoms with van der Waals surface area (Å²) in [5.41, 5.74) is 2.85. The second-order valence-electron chi connectivity index (χ2n) is 5.95. The molecule has 3 aliphatic carbocycles. The molecule has 2 bridgehead atoms. The van der Waals surface area contributed by atoms with Gasteiger partial charge in [-0.1, -0.05) is 24.3 Å². The third-order valence-corrected chi connectivity index (χ3v) is 6.80. The van der Waals surface area contributed by atoms with Crippen molar-refractivity contribution in [2.45, 2.75) is 11.8 Å². The smallest absolute Gasteiger partial charge is 0.0261 e. The van der Waals surface area contributed by atoms with Crippen molar-refractivity contribution in [3.63, 3.8) is 0 Å². The standard InChI is InChI=1S/C16H18Cl4/c17-5-11-13(7-19)16-10-4-2-1-3-9(10)15(11)12(6-18)14(16)8-20/h1-4,11-16H,5-8H2/t11-,12-,13-,14-,15?,16?/m1/s1. The minimum atomic E-state index is 0.402. The topological polar surface area (TPSA) is 0 Å². The lowest BCUT2D eigenvalue weighted by Gasteiger charge is -2.56. The van der Waals surface area contributed by atoms with E-state index in [2.05, 4.69) is 24.3 Å². The van der Waals surface area contributed by atoms with E-state index >= 15 is 0 Å². The molecule has 4 rings (SSSR count). The van der Waals surface area contributed by atoms with E-state index in [1.165, 1.54) is 11.1 Å². The molecular weight excluding hydrogens is 334 g/mol. The van der Waals surface area contributed by atoms with Gasteiger partial charge in [0.25, 0.3) is 0 Å². The van der Waals surface area contributed by atoms with E-state index in [9.17, 15) is 0 Å². The van der Waals surface area contributed by atoms with Gasteiger partial charge >= 0.3 is 0 Å². The Morgan fingerprint density at radius 2 is 0.900 bits per heavy atom. The molecule has 0 nitrogen and oxygen atoms in total. The second kappa shape index (κ2) is 6.24. The van der Waals surface area contributed by atoms with Gasteiger partial charge < -0.3 is 0 Å². The van der Waals surface area contributed by atoms with Crippen molar-refractivity contribution >= 4 is 46.4 Å². The van der Waals surface area contributed by atoms with Gasteiger partial charge in [-0.15, -0.1) is 46.4 Å². The first kappa shape index (κ1) is 15.3. The quantitative estimate of drug-likeness (QED) is 0.645. The largest absolute Gasteiger partial charge is 0.126 e. The molecule has 1 aromatic carbocycles. The summed E-state index contributed by atoms with van der Waals surface area (Å²) in [6.07, 6.45) is 0. The SMILES string of the molecule is ClC[C@H]1C2c3ccccc3C([C@@H]1CCl)[C@H](CCl)[C@H]2CCl. The van der Waals surface area contributed by atoms with Crippen LogP contribution in [0.4, 0.5) is 0 Å². The van der Waals surface area contributed by atoms with E-state index in [0.717, 1.165) is 0 Å². The van der Waals surface area contributed by atoms with Crippen molar-refractivity contribution in [2.75, 3.05) is 23.5 Å². The minimum absolute atomic E-state index is 0.402. The van der Waals surface area contributed by atoms with Crippen LogP contribution in [-0.4, -0.2) is 23.5 Å². The van der Waals surface area contributed by atoms with Crippen molar-refractivity contribution in [1.82, 2.24) is 0 Å². The summed E-state index contributed by atoms with van der Waals surface area (Å²) in [4.78, 5) is 0. The van der Waals surface area contributed by atoms with Gasteiger partial charge in [0.05, 0.1) is 0 Å². The van der Waals surface area contributed by atoms with Crippen LogP contribution in [0.2, 0.25) is 0 Å². The van der Waals surface area contributed by atoms with E-state index in [-0.39, 0.29) is 0 Å². The molecule has 0 aliphatic heterocycles. The lowest BCUT2D eigenvalue weighted by Crippen LogP contribution is -2.51. The Hall–Kier alpha value is 0.380. The van der Waals surface area contributed by atoms with Crippen LogP contribution >= 0.6 is 46.4 Å². The molecule has 0 aromatic heterocycles. The van der Waals surface area contributed by atoms with Crippen LogP contribution in [0, 0.1) is 23.7 Å². The van der Waals surface area contributed by atoms with Crippen molar-refractivity contribution in [2.24, 2.45) is 23.7 Å². The average Bonchev–Trinajstić information content (AvgIpc) is 2.52. The van der Waals surface area contributed by atoms with E-state index < -0.39 is 0 Å². The predicted molar refractivity (Wildman–Crippen MR) is 88.8 cm³/mol. The molecule has 0 amide bonds. The van der Waals surface area contributed by atoms with Gasteiger partial charge in [-0.25, -0.2) is 0 Å². The summed E-state index contributed by atoms with van der Waals surface area (Å²) < 4.78 is 0. The maximum atomic E-state index is 6.29. The molecule has 0 spiro atoms. The Bertz CT molecular complexity index is 412. The summed E-state index contributed by atoms with van der Waals surface area (Å²) in [5, 5.41) is 0. The van der Waals surface area contributed by atoms with Crippen LogP contribution in [-0.2, 0) is 0 Å². The van der Waals surface area contributed by atoms with Gasteiger partial charge in [-0.2, -0.15) is 0 Å². The molecule has 3 aliphatic rings. The lowest BCUT2D eigenvalue weighted by molar-refractivity contribution is 0.0775. The van der Waals surface area contributed by atoms with Crippen LogP contribution in [0.3, 0.4) is 0 Å². The average molecular weight is 352 g/mol. The van der Waals surface area contributed by atoms with Gasteiger partial charge in [0.1, 0.15) is 0 Å². The third-order valence-electron chi connectivity index (χ3n) is 5.37. The van der Waals surface area contributed by atoms with E-state index in [1.54, 1.807) is 0 Å². The number of rotatable bonds is 4. The number of hydrogen-bond donors (Lipinski definition) is 0. The fourth-order valence-corrected chi connectivity index (χ4v) is 6.27. The van der Waals surface area contributed by atoms with Crippen LogP contribution in [0.5, 0.6) is 0 Å². The molecule has 20 heavy (non-hydrogen) atoms. The van der Waals surface area contributed by atoms with E-state index in [4.69, 9.17) is 46.4 Å². The number of halogens is 4. The zero-order valence-electron chi connectivity index (χ0n) is 11.1. The highest BCUT2D eigenvalue weighted by atomic mass is 35.5. The minimum Gasteiger partial charge on any atom is -0.126 e. The Kier molecular flexibility index (Phi) is 4.77. The number of alkyl halides is 4. The molecule has 4 heteroatoms. The Morgan fingerprint density at radius 1 is 0.600 bits per heavy atom. The van der Waals surface area contributed by atoms with Crippen molar-refractivity contribution in [1.29, 1.82) is 0 Å². The van der Waals surface area contributed by atoms with Crippen molar-refractivity contribution < 1.29 is 0 Å². The number of benzene rings is 1. The predicted octanol–water partition coefficient (Wildman–Crippen LogP) is 5.30. The fourth-order valence-electron chi connectivity index (χ4n) is 4.58. The zero-order chi connectivity index (χ0) is 14.3. The first-order valence-electron chi connectivity index (χ1n) is 7.11. The molecule has 0 saturated heterocycles. The molecule has 1 fully saturated rings. The zero-order valence-corrected chi connectivity index (χ0v) is 14.1. The van der Waals surface area contributed by atoms with Gasteiger partial charge in [-0.3, -0.25) is 0 Å². The summed E-state index contributed by atoms with van der Waals surface area (Å²) in [5.74, 6) is 5.05. The molecule has 0 heterocycles. The van der Waals surface area contributed by atoms with Gasteiger partial charge in [0.2, 0.25) is 0 Å². The number of hydrogen-bond acceptors (Lipinski definition) is 0. The van der Waals surface area contributed by atoms with Gasteiger partial charge in [-0.05, 0) is 46.6 Å². The summed E-state index contributed by atoms with van der Waals surface area (Å²) in [6.45, 7) is 0. The fraction of sp³-hybridized carbons (Fsp3) is 0.625. The highest BCUT2D eigenvalue weighted by Gasteiger charge is 2.54. The maximum absolute atomic E-state index is 6.29. The molecule has 0 radical (unpaired) electrons. The molecule has 1 aromatic rings. The Morgan fingerprint density at radius 3 is 1.15 bits per heavy atom. The van der Waals surface area contributed by atoms with Crippen molar-refractivity contribution in [3.8, 4) is 0 Å². The first-order chi connectivity index (χ1) is 9.78. The monoisotopic (exact) mass is 350 g/mol. The molecule has 1 saturated carbocycles. The summed E-state index contributed by atoms with van der Waals surface area (Å²) in [7, 11) is 0. The van der Waals surface area contributed by atoms with E-state index in [1.807, 2.05) is 0 Å². The second-order valence-corrected chi connectivity index (χ2v) is 7.19. The lowest BCUT2D eigenvalue weighted by atomic mass is 9.50. The van der Waals surface area contributed by atoms with Crippen LogP contribution < -0.4 is 0 Å². The Balaban J connectivity index is 2.16. The molecule has 4 atom stereocenters. The highest BCUT2D eigenvalue weighted by Crippen LogP contribution is 2.61. The van der Waals surface area contributed by atoms with Crippen molar-refractivity contribution in [3.05, 3.63) is 35.4 Å². The maximum Gasteiger partial charge on any atom is 0.0261 e. The number of fused-ring (bicyclic) bond motifs is 2. The highest BCUT2D eigenvalue weighted by molar-refractivity contribution is 6.20. The molecule has 110 valence electrons.